The molecule has 0 rings (SSSR count). The number of hydrogen-bond acceptors (Lipinski definition) is 2. The van der Waals surface area contributed by atoms with E-state index in [9.17, 15) is 5.11 Å². The van der Waals surface area contributed by atoms with Crippen molar-refractivity contribution in [1.29, 1.82) is 0 Å². The third kappa shape index (κ3) is 7.03. The van der Waals surface area contributed by atoms with Crippen molar-refractivity contribution in [2.75, 3.05) is 13.1 Å². The fourth-order valence-corrected chi connectivity index (χ4v) is 1.50. The van der Waals surface area contributed by atoms with E-state index in [0.717, 1.165) is 25.8 Å². The first kappa shape index (κ1) is 12.9. The Morgan fingerprint density at radius 2 is 2.00 bits per heavy atom. The highest BCUT2D eigenvalue weighted by atomic mass is 16.3. The first-order valence-corrected chi connectivity index (χ1v) is 5.45. The monoisotopic (exact) mass is 187 g/mol. The zero-order chi connectivity index (χ0) is 10.3. The van der Waals surface area contributed by atoms with Crippen molar-refractivity contribution < 1.29 is 5.11 Å². The van der Waals surface area contributed by atoms with E-state index in [2.05, 4.69) is 26.1 Å². The Balaban J connectivity index is 3.65. The molecule has 0 aliphatic heterocycles. The highest BCUT2D eigenvalue weighted by Gasteiger charge is 2.21. The van der Waals surface area contributed by atoms with Crippen LogP contribution in [0.3, 0.4) is 0 Å². The molecule has 0 spiro atoms. The van der Waals surface area contributed by atoms with Gasteiger partial charge in [0.1, 0.15) is 0 Å². The molecule has 0 aliphatic carbocycles. The van der Waals surface area contributed by atoms with Crippen molar-refractivity contribution >= 4 is 0 Å². The third-order valence-corrected chi connectivity index (χ3v) is 2.42. The Kier molecular flexibility index (Phi) is 6.35. The molecule has 0 bridgehead atoms. The quantitative estimate of drug-likeness (QED) is 0.599. The van der Waals surface area contributed by atoms with Gasteiger partial charge in [-0.2, -0.15) is 0 Å². The van der Waals surface area contributed by atoms with E-state index in [1.807, 2.05) is 6.92 Å². The maximum absolute atomic E-state index is 9.98. The normalized spacial score (nSPS) is 18.2. The minimum Gasteiger partial charge on any atom is -0.389 e. The Morgan fingerprint density at radius 3 is 2.46 bits per heavy atom. The fourth-order valence-electron chi connectivity index (χ4n) is 1.50. The average molecular weight is 187 g/mol. The highest BCUT2D eigenvalue weighted by Crippen LogP contribution is 2.17. The molecule has 2 unspecified atom stereocenters. The number of aliphatic hydroxyl groups is 1. The zero-order valence-corrected chi connectivity index (χ0v) is 9.56. The van der Waals surface area contributed by atoms with Crippen molar-refractivity contribution in [3.8, 4) is 0 Å². The van der Waals surface area contributed by atoms with Crippen molar-refractivity contribution in [3.63, 3.8) is 0 Å². The molecule has 2 nitrogen and oxygen atoms in total. The first-order chi connectivity index (χ1) is 6.02. The van der Waals surface area contributed by atoms with E-state index in [-0.39, 0.29) is 0 Å². The number of nitrogens with one attached hydrogen (secondary N) is 1. The van der Waals surface area contributed by atoms with Gasteiger partial charge in [-0.15, -0.1) is 0 Å². The third-order valence-electron chi connectivity index (χ3n) is 2.42. The summed E-state index contributed by atoms with van der Waals surface area (Å²) in [7, 11) is 0. The van der Waals surface area contributed by atoms with Crippen LogP contribution < -0.4 is 5.32 Å². The lowest BCUT2D eigenvalue weighted by atomic mass is 9.91. The minimum atomic E-state index is -0.537. The summed E-state index contributed by atoms with van der Waals surface area (Å²) in [6.07, 6.45) is 3.16. The topological polar surface area (TPSA) is 32.3 Å². The summed E-state index contributed by atoms with van der Waals surface area (Å²) in [5.41, 5.74) is -0.537. The van der Waals surface area contributed by atoms with Gasteiger partial charge in [0.05, 0.1) is 5.60 Å². The standard InChI is InChI=1S/C11H25NO/c1-5-7-12-9-11(4,13)8-10(3)6-2/h10,12-13H,5-9H2,1-4H3. The summed E-state index contributed by atoms with van der Waals surface area (Å²) < 4.78 is 0. The molecule has 13 heavy (non-hydrogen) atoms. The molecule has 2 N–H and O–H groups in total. The predicted octanol–water partition coefficient (Wildman–Crippen LogP) is 2.17. The largest absolute Gasteiger partial charge is 0.389 e. The van der Waals surface area contributed by atoms with E-state index in [1.165, 1.54) is 0 Å². The van der Waals surface area contributed by atoms with Crippen molar-refractivity contribution in [1.82, 2.24) is 5.32 Å². The van der Waals surface area contributed by atoms with Crippen LogP contribution in [-0.4, -0.2) is 23.8 Å². The fraction of sp³-hybridized carbons (Fsp3) is 1.00. The minimum absolute atomic E-state index is 0.537. The summed E-state index contributed by atoms with van der Waals surface area (Å²) in [5, 5.41) is 13.2. The summed E-state index contributed by atoms with van der Waals surface area (Å²) in [6.45, 7) is 10.1. The van der Waals surface area contributed by atoms with Crippen LogP contribution in [0.4, 0.5) is 0 Å². The molecule has 2 atom stereocenters. The Morgan fingerprint density at radius 1 is 1.38 bits per heavy atom. The van der Waals surface area contributed by atoms with Gasteiger partial charge in [0.25, 0.3) is 0 Å². The molecular formula is C11H25NO. The van der Waals surface area contributed by atoms with Gasteiger partial charge in [0.2, 0.25) is 0 Å². The van der Waals surface area contributed by atoms with Crippen LogP contribution in [0.1, 0.15) is 47.0 Å². The molecular weight excluding hydrogens is 162 g/mol. The van der Waals surface area contributed by atoms with Crippen molar-refractivity contribution in [2.24, 2.45) is 5.92 Å². The van der Waals surface area contributed by atoms with Crippen molar-refractivity contribution in [2.45, 2.75) is 52.6 Å². The molecule has 0 saturated heterocycles. The zero-order valence-electron chi connectivity index (χ0n) is 9.56. The van der Waals surface area contributed by atoms with Crippen molar-refractivity contribution in [3.05, 3.63) is 0 Å². The van der Waals surface area contributed by atoms with E-state index in [0.29, 0.717) is 12.5 Å². The molecule has 0 aliphatic rings. The Labute approximate surface area is 82.7 Å². The summed E-state index contributed by atoms with van der Waals surface area (Å²) in [6, 6.07) is 0. The number of rotatable bonds is 7. The van der Waals surface area contributed by atoms with Crippen LogP contribution in [0, 0.1) is 5.92 Å². The van der Waals surface area contributed by atoms with E-state index < -0.39 is 5.60 Å². The van der Waals surface area contributed by atoms with Gasteiger partial charge in [-0.25, -0.2) is 0 Å². The average Bonchev–Trinajstić information content (AvgIpc) is 2.03. The van der Waals surface area contributed by atoms with E-state index >= 15 is 0 Å². The molecule has 2 heteroatoms. The second-order valence-corrected chi connectivity index (χ2v) is 4.39. The molecule has 0 aromatic heterocycles. The van der Waals surface area contributed by atoms with Crippen LogP contribution in [0.5, 0.6) is 0 Å². The van der Waals surface area contributed by atoms with Gasteiger partial charge in [-0.1, -0.05) is 27.2 Å². The van der Waals surface area contributed by atoms with Gasteiger partial charge in [-0.3, -0.25) is 0 Å². The smallest absolute Gasteiger partial charge is 0.0746 e. The molecule has 80 valence electrons. The van der Waals surface area contributed by atoms with Crippen LogP contribution in [0.2, 0.25) is 0 Å². The SMILES string of the molecule is CCCNCC(C)(O)CC(C)CC. The lowest BCUT2D eigenvalue weighted by Gasteiger charge is -2.26. The van der Waals surface area contributed by atoms with Gasteiger partial charge >= 0.3 is 0 Å². The second kappa shape index (κ2) is 6.39. The molecule has 0 aromatic carbocycles. The predicted molar refractivity (Wildman–Crippen MR) is 57.9 cm³/mol. The van der Waals surface area contributed by atoms with Gasteiger partial charge in [0.15, 0.2) is 0 Å². The van der Waals surface area contributed by atoms with Gasteiger partial charge < -0.3 is 10.4 Å². The van der Waals surface area contributed by atoms with Crippen LogP contribution in [0.15, 0.2) is 0 Å². The lowest BCUT2D eigenvalue weighted by Crippen LogP contribution is -2.39. The molecule has 0 heterocycles. The summed E-state index contributed by atoms with van der Waals surface area (Å²) in [4.78, 5) is 0. The molecule has 0 aromatic rings. The molecule has 0 saturated carbocycles. The Bertz CT molecular complexity index is 123. The lowest BCUT2D eigenvalue weighted by molar-refractivity contribution is 0.0360. The first-order valence-electron chi connectivity index (χ1n) is 5.45. The van der Waals surface area contributed by atoms with Gasteiger partial charge in [-0.05, 0) is 32.2 Å². The van der Waals surface area contributed by atoms with E-state index in [1.54, 1.807) is 0 Å². The summed E-state index contributed by atoms with van der Waals surface area (Å²) >= 11 is 0. The van der Waals surface area contributed by atoms with E-state index in [4.69, 9.17) is 0 Å². The second-order valence-electron chi connectivity index (χ2n) is 4.39. The molecule has 0 fully saturated rings. The van der Waals surface area contributed by atoms with Gasteiger partial charge in [0, 0.05) is 6.54 Å². The van der Waals surface area contributed by atoms with Crippen LogP contribution in [-0.2, 0) is 0 Å². The van der Waals surface area contributed by atoms with Crippen LogP contribution >= 0.6 is 0 Å². The molecule has 0 amide bonds. The maximum Gasteiger partial charge on any atom is 0.0746 e. The molecule has 0 radical (unpaired) electrons. The van der Waals surface area contributed by atoms with Crippen LogP contribution in [0.25, 0.3) is 0 Å². The summed E-state index contributed by atoms with van der Waals surface area (Å²) in [5.74, 6) is 0.610. The maximum atomic E-state index is 9.98. The highest BCUT2D eigenvalue weighted by molar-refractivity contribution is 4.77. The number of hydrogen-bond donors (Lipinski definition) is 2. The Hall–Kier alpha value is -0.0800.